The van der Waals surface area contributed by atoms with E-state index in [0.29, 0.717) is 5.69 Å². The van der Waals surface area contributed by atoms with E-state index in [2.05, 4.69) is 51.8 Å². The molecule has 5 rings (SSSR count). The van der Waals surface area contributed by atoms with Crippen LogP contribution in [0.4, 0.5) is 5.69 Å². The number of likely N-dealkylation sites (tertiary alicyclic amines) is 1. The summed E-state index contributed by atoms with van der Waals surface area (Å²) in [7, 11) is 0. The lowest BCUT2D eigenvalue weighted by Gasteiger charge is -2.42. The quantitative estimate of drug-likeness (QED) is 0.347. The Hall–Kier alpha value is -2.26. The minimum atomic E-state index is -0.697. The van der Waals surface area contributed by atoms with Crippen molar-refractivity contribution in [3.05, 3.63) is 63.7 Å². The molecule has 3 amide bonds. The third kappa shape index (κ3) is 5.52. The Kier molecular flexibility index (Phi) is 8.06. The van der Waals surface area contributed by atoms with E-state index in [0.717, 1.165) is 61.7 Å². The SMILES string of the molecule is O=C1CC(N(C(=O)C2CCCCC2)C2CCN(Cc3ccccc3)CC2)C(=O)N1c1ccc(I)cc1. The van der Waals surface area contributed by atoms with Gasteiger partial charge >= 0.3 is 0 Å². The Morgan fingerprint density at radius 1 is 0.889 bits per heavy atom. The van der Waals surface area contributed by atoms with Crippen molar-refractivity contribution in [1.29, 1.82) is 0 Å². The summed E-state index contributed by atoms with van der Waals surface area (Å²) in [5, 5.41) is 0. The molecule has 1 saturated carbocycles. The fraction of sp³-hybridized carbons (Fsp3) is 0.483. The molecule has 0 bridgehead atoms. The smallest absolute Gasteiger partial charge is 0.257 e. The highest BCUT2D eigenvalue weighted by Crippen LogP contribution is 2.34. The molecule has 2 aromatic rings. The average molecular weight is 600 g/mol. The van der Waals surface area contributed by atoms with Gasteiger partial charge in [-0.05, 0) is 78.1 Å². The maximum absolute atomic E-state index is 13.9. The monoisotopic (exact) mass is 599 g/mol. The minimum absolute atomic E-state index is 0.00938. The van der Waals surface area contributed by atoms with Gasteiger partial charge in [0.2, 0.25) is 11.8 Å². The van der Waals surface area contributed by atoms with Gasteiger partial charge in [0, 0.05) is 35.2 Å². The molecule has 0 radical (unpaired) electrons. The van der Waals surface area contributed by atoms with Crippen LogP contribution in [-0.2, 0) is 20.9 Å². The highest BCUT2D eigenvalue weighted by molar-refractivity contribution is 14.1. The molecular weight excluding hydrogens is 565 g/mol. The third-order valence-electron chi connectivity index (χ3n) is 7.95. The molecule has 1 unspecified atom stereocenters. The second kappa shape index (κ2) is 11.4. The minimum Gasteiger partial charge on any atom is -0.327 e. The lowest BCUT2D eigenvalue weighted by molar-refractivity contribution is -0.146. The van der Waals surface area contributed by atoms with Gasteiger partial charge in [0.05, 0.1) is 12.1 Å². The number of carbonyl (C=O) groups is 3. The normalized spacial score (nSPS) is 22.2. The first-order valence-electron chi connectivity index (χ1n) is 13.2. The first-order valence-corrected chi connectivity index (χ1v) is 14.3. The van der Waals surface area contributed by atoms with E-state index in [-0.39, 0.29) is 36.1 Å². The molecule has 1 atom stereocenters. The van der Waals surface area contributed by atoms with Gasteiger partial charge < -0.3 is 4.90 Å². The van der Waals surface area contributed by atoms with Gasteiger partial charge in [-0.1, -0.05) is 49.6 Å². The Morgan fingerprint density at radius 3 is 2.22 bits per heavy atom. The molecule has 7 heteroatoms. The maximum Gasteiger partial charge on any atom is 0.257 e. The van der Waals surface area contributed by atoms with Crippen molar-refractivity contribution in [1.82, 2.24) is 9.80 Å². The number of benzene rings is 2. The lowest BCUT2D eigenvalue weighted by atomic mass is 9.86. The molecule has 0 spiro atoms. The number of halogens is 1. The van der Waals surface area contributed by atoms with Crippen molar-refractivity contribution < 1.29 is 14.4 Å². The average Bonchev–Trinajstić information content (AvgIpc) is 3.20. The van der Waals surface area contributed by atoms with E-state index in [1.807, 2.05) is 35.2 Å². The third-order valence-corrected chi connectivity index (χ3v) is 8.67. The maximum atomic E-state index is 13.9. The second-order valence-electron chi connectivity index (χ2n) is 10.3. The van der Waals surface area contributed by atoms with Gasteiger partial charge in [-0.15, -0.1) is 0 Å². The van der Waals surface area contributed by atoms with E-state index in [9.17, 15) is 14.4 Å². The second-order valence-corrected chi connectivity index (χ2v) is 11.6. The largest absolute Gasteiger partial charge is 0.327 e. The van der Waals surface area contributed by atoms with Crippen molar-refractivity contribution in [2.24, 2.45) is 5.92 Å². The van der Waals surface area contributed by atoms with Crippen LogP contribution < -0.4 is 4.90 Å². The van der Waals surface area contributed by atoms with Crippen molar-refractivity contribution >= 4 is 46.0 Å². The van der Waals surface area contributed by atoms with Crippen LogP contribution >= 0.6 is 22.6 Å². The number of hydrogen-bond donors (Lipinski definition) is 0. The van der Waals surface area contributed by atoms with Gasteiger partial charge in [-0.3, -0.25) is 19.3 Å². The molecular formula is C29H34IN3O3. The highest BCUT2D eigenvalue weighted by Gasteiger charge is 2.48. The van der Waals surface area contributed by atoms with Gasteiger partial charge in [-0.25, -0.2) is 4.90 Å². The number of imide groups is 1. The van der Waals surface area contributed by atoms with Crippen LogP contribution in [0, 0.1) is 9.49 Å². The number of anilines is 1. The predicted molar refractivity (Wildman–Crippen MR) is 148 cm³/mol. The van der Waals surface area contributed by atoms with Crippen LogP contribution in [0.1, 0.15) is 56.9 Å². The summed E-state index contributed by atoms with van der Waals surface area (Å²) in [6.07, 6.45) is 6.80. The molecule has 2 saturated heterocycles. The number of rotatable bonds is 6. The highest BCUT2D eigenvalue weighted by atomic mass is 127. The zero-order valence-corrected chi connectivity index (χ0v) is 22.8. The van der Waals surface area contributed by atoms with E-state index >= 15 is 0 Å². The van der Waals surface area contributed by atoms with Crippen molar-refractivity contribution in [2.45, 2.75) is 70.0 Å². The topological polar surface area (TPSA) is 60.9 Å². The molecule has 2 heterocycles. The Labute approximate surface area is 227 Å². The fourth-order valence-electron chi connectivity index (χ4n) is 6.04. The van der Waals surface area contributed by atoms with Gasteiger partial charge in [0.1, 0.15) is 6.04 Å². The predicted octanol–water partition coefficient (Wildman–Crippen LogP) is 5.00. The van der Waals surface area contributed by atoms with Crippen molar-refractivity contribution in [3.8, 4) is 0 Å². The van der Waals surface area contributed by atoms with E-state index in [4.69, 9.17) is 0 Å². The summed E-state index contributed by atoms with van der Waals surface area (Å²) in [4.78, 5) is 46.3. The molecule has 0 N–H and O–H groups in total. The molecule has 2 aliphatic heterocycles. The van der Waals surface area contributed by atoms with Crippen LogP contribution in [-0.4, -0.2) is 52.7 Å². The number of nitrogens with zero attached hydrogens (tertiary/aromatic N) is 3. The Balaban J connectivity index is 1.34. The zero-order chi connectivity index (χ0) is 25.1. The first-order chi connectivity index (χ1) is 17.5. The first kappa shape index (κ1) is 25.4. The molecule has 1 aliphatic carbocycles. The van der Waals surface area contributed by atoms with Crippen LogP contribution in [0.5, 0.6) is 0 Å². The van der Waals surface area contributed by atoms with E-state index in [1.165, 1.54) is 16.9 Å². The van der Waals surface area contributed by atoms with Crippen LogP contribution in [0.2, 0.25) is 0 Å². The summed E-state index contributed by atoms with van der Waals surface area (Å²) in [6.45, 7) is 2.65. The summed E-state index contributed by atoms with van der Waals surface area (Å²) < 4.78 is 1.04. The molecule has 2 aromatic carbocycles. The van der Waals surface area contributed by atoms with Crippen molar-refractivity contribution in [3.63, 3.8) is 0 Å². The van der Waals surface area contributed by atoms with Crippen LogP contribution in [0.25, 0.3) is 0 Å². The Morgan fingerprint density at radius 2 is 1.56 bits per heavy atom. The van der Waals surface area contributed by atoms with E-state index in [1.54, 1.807) is 0 Å². The van der Waals surface area contributed by atoms with Gasteiger partial charge in [-0.2, -0.15) is 0 Å². The number of amides is 3. The number of piperidine rings is 1. The fourth-order valence-corrected chi connectivity index (χ4v) is 6.40. The Bertz CT molecular complexity index is 1080. The standard InChI is InChI=1S/C29H34IN3O3/c30-23-11-13-24(14-12-23)33-27(34)19-26(29(33)36)32(28(35)22-9-5-2-6-10-22)25-15-17-31(18-16-25)20-21-7-3-1-4-8-21/h1,3-4,7-8,11-14,22,25-26H,2,5-6,9-10,15-20H2. The van der Waals surface area contributed by atoms with Gasteiger partial charge in [0.25, 0.3) is 5.91 Å². The molecule has 6 nitrogen and oxygen atoms in total. The van der Waals surface area contributed by atoms with E-state index < -0.39 is 6.04 Å². The van der Waals surface area contributed by atoms with Crippen molar-refractivity contribution in [2.75, 3.05) is 18.0 Å². The summed E-state index contributed by atoms with van der Waals surface area (Å²) in [6, 6.07) is 17.2. The van der Waals surface area contributed by atoms with Gasteiger partial charge in [0.15, 0.2) is 0 Å². The lowest BCUT2D eigenvalue weighted by Crippen LogP contribution is -2.55. The van der Waals surface area contributed by atoms with Crippen LogP contribution in [0.3, 0.4) is 0 Å². The molecule has 36 heavy (non-hydrogen) atoms. The molecule has 190 valence electrons. The van der Waals surface area contributed by atoms with Crippen LogP contribution in [0.15, 0.2) is 54.6 Å². The molecule has 3 fully saturated rings. The number of carbonyl (C=O) groups excluding carboxylic acids is 3. The zero-order valence-electron chi connectivity index (χ0n) is 20.7. The molecule has 0 aromatic heterocycles. The summed E-state index contributed by atoms with van der Waals surface area (Å²) in [5.74, 6) is -0.408. The summed E-state index contributed by atoms with van der Waals surface area (Å²) in [5.41, 5.74) is 1.88. The number of hydrogen-bond acceptors (Lipinski definition) is 4. The molecule has 3 aliphatic rings. The summed E-state index contributed by atoms with van der Waals surface area (Å²) >= 11 is 2.21.